The molecule has 0 saturated heterocycles. The van der Waals surface area contributed by atoms with E-state index in [1.54, 1.807) is 28.8 Å². The maximum Gasteiger partial charge on any atom is 0.280 e. The van der Waals surface area contributed by atoms with E-state index in [9.17, 15) is 14.3 Å². The number of para-hydroxylation sites is 2. The van der Waals surface area contributed by atoms with Gasteiger partial charge in [0.15, 0.2) is 5.69 Å². The molecule has 3 aromatic carbocycles. The lowest BCUT2D eigenvalue weighted by molar-refractivity contribution is 0.0971. The number of halogens is 3. The van der Waals surface area contributed by atoms with Crippen molar-refractivity contribution in [2.45, 2.75) is 31.7 Å². The Morgan fingerprint density at radius 3 is 2.42 bits per heavy atom. The van der Waals surface area contributed by atoms with E-state index >= 15 is 0 Å². The van der Waals surface area contributed by atoms with Crippen LogP contribution in [0.1, 0.15) is 53.5 Å². The Bertz CT molecular complexity index is 1520. The standard InChI is InChI=1S/C29H26Cl2FN3O3/c1-17(2)27-25-26(33-35(27)23-6-4-5-7-24(23)38-3)28(37)34(20-12-13-22(32)21(31)16-20)29(25,14-15-36)18-8-10-19(30)11-9-18/h4-13,16-17,36H,14-15H2,1-3H3. The number of carbonyl (C=O) groups excluding carboxylic acids is 1. The SMILES string of the molecule is COc1ccccc1-n1nc2c(c1C(C)C)C(CCO)(c1ccc(Cl)cc1)N(c1ccc(F)c(Cl)c1)C2=O. The average Bonchev–Trinajstić information content (AvgIpc) is 3.41. The summed E-state index contributed by atoms with van der Waals surface area (Å²) in [5.74, 6) is -0.458. The monoisotopic (exact) mass is 553 g/mol. The normalized spacial score (nSPS) is 16.8. The van der Waals surface area contributed by atoms with Crippen LogP contribution in [-0.2, 0) is 5.54 Å². The van der Waals surface area contributed by atoms with E-state index in [2.05, 4.69) is 0 Å². The number of hydrogen-bond donors (Lipinski definition) is 1. The summed E-state index contributed by atoms with van der Waals surface area (Å²) < 4.78 is 21.5. The lowest BCUT2D eigenvalue weighted by Crippen LogP contribution is -2.46. The highest BCUT2D eigenvalue weighted by molar-refractivity contribution is 6.31. The summed E-state index contributed by atoms with van der Waals surface area (Å²) in [6, 6.07) is 18.8. The fourth-order valence-electron chi connectivity index (χ4n) is 5.40. The Balaban J connectivity index is 1.89. The quantitative estimate of drug-likeness (QED) is 0.275. The van der Waals surface area contributed by atoms with Crippen molar-refractivity contribution in [1.29, 1.82) is 0 Å². The van der Waals surface area contributed by atoms with Gasteiger partial charge in [-0.1, -0.05) is 61.3 Å². The molecule has 1 N–H and O–H groups in total. The van der Waals surface area contributed by atoms with Crippen LogP contribution in [0, 0.1) is 5.82 Å². The highest BCUT2D eigenvalue weighted by Gasteiger charge is 2.55. The smallest absolute Gasteiger partial charge is 0.280 e. The number of anilines is 1. The van der Waals surface area contributed by atoms with Gasteiger partial charge in [0.2, 0.25) is 0 Å². The molecule has 1 amide bonds. The van der Waals surface area contributed by atoms with Crippen molar-refractivity contribution in [2.75, 3.05) is 18.6 Å². The number of amides is 1. The van der Waals surface area contributed by atoms with E-state index in [4.69, 9.17) is 33.0 Å². The summed E-state index contributed by atoms with van der Waals surface area (Å²) in [4.78, 5) is 15.8. The second-order valence-corrected chi connectivity index (χ2v) is 10.3. The minimum Gasteiger partial charge on any atom is -0.494 e. The first-order valence-corrected chi connectivity index (χ1v) is 12.9. The van der Waals surface area contributed by atoms with Crippen LogP contribution in [-0.4, -0.2) is 34.5 Å². The number of fused-ring (bicyclic) bond motifs is 1. The number of aromatic nitrogens is 2. The largest absolute Gasteiger partial charge is 0.494 e. The Morgan fingerprint density at radius 1 is 1.08 bits per heavy atom. The third kappa shape index (κ3) is 3.97. The topological polar surface area (TPSA) is 67.6 Å². The van der Waals surface area contributed by atoms with Gasteiger partial charge in [0.05, 0.1) is 17.8 Å². The van der Waals surface area contributed by atoms with Crippen molar-refractivity contribution in [3.8, 4) is 11.4 Å². The van der Waals surface area contributed by atoms with E-state index in [1.165, 1.54) is 18.2 Å². The number of ether oxygens (including phenoxy) is 1. The van der Waals surface area contributed by atoms with E-state index in [0.717, 1.165) is 11.3 Å². The van der Waals surface area contributed by atoms with E-state index in [1.807, 2.05) is 50.2 Å². The van der Waals surface area contributed by atoms with Gasteiger partial charge in [0.25, 0.3) is 5.91 Å². The van der Waals surface area contributed by atoms with Crippen molar-refractivity contribution in [2.24, 2.45) is 0 Å². The molecular formula is C29H26Cl2FN3O3. The van der Waals surface area contributed by atoms with Crippen molar-refractivity contribution in [1.82, 2.24) is 9.78 Å². The van der Waals surface area contributed by atoms with E-state index < -0.39 is 11.4 Å². The molecule has 1 aliphatic rings. The van der Waals surface area contributed by atoms with Crippen LogP contribution < -0.4 is 9.64 Å². The zero-order chi connectivity index (χ0) is 27.2. The molecule has 0 fully saturated rings. The molecule has 38 heavy (non-hydrogen) atoms. The molecule has 196 valence electrons. The molecule has 1 unspecified atom stereocenters. The zero-order valence-corrected chi connectivity index (χ0v) is 22.6. The maximum atomic E-state index is 14.3. The number of nitrogens with zero attached hydrogens (tertiary/aromatic N) is 3. The molecule has 0 spiro atoms. The molecule has 0 aliphatic carbocycles. The van der Waals surface area contributed by atoms with Gasteiger partial charge in [0, 0.05) is 29.3 Å². The number of rotatable bonds is 7. The summed E-state index contributed by atoms with van der Waals surface area (Å²) in [7, 11) is 1.58. The minimum absolute atomic E-state index is 0.0777. The van der Waals surface area contributed by atoms with Crippen molar-refractivity contribution in [3.63, 3.8) is 0 Å². The number of carbonyl (C=O) groups is 1. The first-order chi connectivity index (χ1) is 18.2. The molecular weight excluding hydrogens is 528 g/mol. The molecule has 6 nitrogen and oxygen atoms in total. The van der Waals surface area contributed by atoms with Gasteiger partial charge in [-0.25, -0.2) is 9.07 Å². The summed E-state index contributed by atoms with van der Waals surface area (Å²) in [5, 5.41) is 15.7. The first-order valence-electron chi connectivity index (χ1n) is 12.2. The van der Waals surface area contributed by atoms with Crippen molar-refractivity contribution >= 4 is 34.8 Å². The highest BCUT2D eigenvalue weighted by atomic mass is 35.5. The number of benzene rings is 3. The Morgan fingerprint density at radius 2 is 1.79 bits per heavy atom. The van der Waals surface area contributed by atoms with Gasteiger partial charge in [-0.3, -0.25) is 9.69 Å². The van der Waals surface area contributed by atoms with Crippen LogP contribution in [0.3, 0.4) is 0 Å². The van der Waals surface area contributed by atoms with Crippen molar-refractivity contribution < 1.29 is 19.0 Å². The number of aliphatic hydroxyl groups excluding tert-OH is 1. The Hall–Kier alpha value is -3.39. The lowest BCUT2D eigenvalue weighted by atomic mass is 9.78. The Kier molecular flexibility index (Phi) is 6.94. The fourth-order valence-corrected chi connectivity index (χ4v) is 5.71. The van der Waals surface area contributed by atoms with Gasteiger partial charge in [-0.2, -0.15) is 5.10 Å². The van der Waals surface area contributed by atoms with Crippen LogP contribution in [0.25, 0.3) is 5.69 Å². The molecule has 0 radical (unpaired) electrons. The van der Waals surface area contributed by atoms with Gasteiger partial charge in [-0.05, 0) is 53.9 Å². The number of aliphatic hydroxyl groups is 1. The van der Waals surface area contributed by atoms with Crippen LogP contribution in [0.4, 0.5) is 10.1 Å². The molecule has 1 aliphatic heterocycles. The molecule has 1 aromatic heterocycles. The van der Waals surface area contributed by atoms with Gasteiger partial charge in [-0.15, -0.1) is 0 Å². The fraction of sp³-hybridized carbons (Fsp3) is 0.241. The maximum absolute atomic E-state index is 14.3. The van der Waals surface area contributed by atoms with E-state index in [-0.39, 0.29) is 35.6 Å². The predicted octanol–water partition coefficient (Wildman–Crippen LogP) is 6.74. The summed E-state index contributed by atoms with van der Waals surface area (Å²) in [6.07, 6.45) is 0.152. The first kappa shape index (κ1) is 26.2. The molecule has 9 heteroatoms. The molecule has 4 aromatic rings. The average molecular weight is 554 g/mol. The van der Waals surface area contributed by atoms with Crippen molar-refractivity contribution in [3.05, 3.63) is 105 Å². The van der Waals surface area contributed by atoms with Crippen LogP contribution in [0.2, 0.25) is 10.0 Å². The summed E-state index contributed by atoms with van der Waals surface area (Å²) in [6.45, 7) is 3.81. The number of hydrogen-bond acceptors (Lipinski definition) is 4. The van der Waals surface area contributed by atoms with Crippen LogP contribution >= 0.6 is 23.2 Å². The van der Waals surface area contributed by atoms with Gasteiger partial charge < -0.3 is 9.84 Å². The third-order valence-corrected chi connectivity index (χ3v) is 7.48. The summed E-state index contributed by atoms with van der Waals surface area (Å²) in [5.41, 5.74) is 2.32. The van der Waals surface area contributed by atoms with Gasteiger partial charge >= 0.3 is 0 Å². The molecule has 2 heterocycles. The molecule has 0 saturated carbocycles. The number of methoxy groups -OCH3 is 1. The van der Waals surface area contributed by atoms with E-state index in [0.29, 0.717) is 27.7 Å². The second kappa shape index (κ2) is 10.1. The molecule has 1 atom stereocenters. The predicted molar refractivity (Wildman–Crippen MR) is 146 cm³/mol. The Labute approximate surface area is 230 Å². The zero-order valence-electron chi connectivity index (χ0n) is 21.1. The summed E-state index contributed by atoms with van der Waals surface area (Å²) >= 11 is 12.4. The highest BCUT2D eigenvalue weighted by Crippen LogP contribution is 2.52. The second-order valence-electron chi connectivity index (χ2n) is 9.43. The molecule has 0 bridgehead atoms. The van der Waals surface area contributed by atoms with Crippen LogP contribution in [0.5, 0.6) is 5.75 Å². The van der Waals surface area contributed by atoms with Gasteiger partial charge in [0.1, 0.15) is 22.8 Å². The lowest BCUT2D eigenvalue weighted by Gasteiger charge is -2.40. The molecule has 5 rings (SSSR count). The third-order valence-electron chi connectivity index (χ3n) is 6.94. The minimum atomic E-state index is -1.17. The van der Waals surface area contributed by atoms with Crippen LogP contribution in [0.15, 0.2) is 66.7 Å².